The normalized spacial score (nSPS) is 16.6. The Balaban J connectivity index is 1.83. The summed E-state index contributed by atoms with van der Waals surface area (Å²) in [6.45, 7) is 0. The summed E-state index contributed by atoms with van der Waals surface area (Å²) < 4.78 is 18.3. The molecule has 3 nitrogen and oxygen atoms in total. The SMILES string of the molecule is O=C(CC1OC(=O)c2ccccc21)c1cccc(F)c1. The lowest BCUT2D eigenvalue weighted by molar-refractivity contribution is 0.0367. The number of carbonyl (C=O) groups excluding carboxylic acids is 2. The lowest BCUT2D eigenvalue weighted by Gasteiger charge is -2.09. The highest BCUT2D eigenvalue weighted by Crippen LogP contribution is 2.33. The minimum atomic E-state index is -0.588. The number of fused-ring (bicyclic) bond motifs is 1. The van der Waals surface area contributed by atoms with Crippen LogP contribution in [-0.2, 0) is 4.74 Å². The topological polar surface area (TPSA) is 43.4 Å². The van der Waals surface area contributed by atoms with E-state index < -0.39 is 17.9 Å². The molecule has 3 rings (SSSR count). The first kappa shape index (κ1) is 12.5. The molecule has 0 fully saturated rings. The van der Waals surface area contributed by atoms with E-state index in [9.17, 15) is 14.0 Å². The third-order valence-corrected chi connectivity index (χ3v) is 3.29. The fraction of sp³-hybridized carbons (Fsp3) is 0.125. The molecule has 0 aromatic heterocycles. The molecule has 20 heavy (non-hydrogen) atoms. The van der Waals surface area contributed by atoms with E-state index in [2.05, 4.69) is 0 Å². The third-order valence-electron chi connectivity index (χ3n) is 3.29. The molecule has 1 heterocycles. The maximum atomic E-state index is 13.1. The van der Waals surface area contributed by atoms with Crippen LogP contribution in [0.5, 0.6) is 0 Å². The predicted octanol–water partition coefficient (Wildman–Crippen LogP) is 3.31. The lowest BCUT2D eigenvalue weighted by atomic mass is 9.98. The van der Waals surface area contributed by atoms with Crippen LogP contribution in [0.2, 0.25) is 0 Å². The van der Waals surface area contributed by atoms with Crippen molar-refractivity contribution in [1.29, 1.82) is 0 Å². The molecule has 0 spiro atoms. The number of carbonyl (C=O) groups is 2. The quantitative estimate of drug-likeness (QED) is 0.634. The smallest absolute Gasteiger partial charge is 0.339 e. The summed E-state index contributed by atoms with van der Waals surface area (Å²) in [6, 6.07) is 12.5. The van der Waals surface area contributed by atoms with E-state index in [1.54, 1.807) is 30.3 Å². The van der Waals surface area contributed by atoms with E-state index in [1.165, 1.54) is 18.2 Å². The molecule has 0 N–H and O–H groups in total. The summed E-state index contributed by atoms with van der Waals surface area (Å²) in [5.74, 6) is -1.13. The second-order valence-electron chi connectivity index (χ2n) is 4.62. The Bertz CT molecular complexity index is 694. The highest BCUT2D eigenvalue weighted by Gasteiger charge is 2.32. The van der Waals surface area contributed by atoms with Crippen LogP contribution in [0.1, 0.15) is 38.8 Å². The molecular weight excluding hydrogens is 259 g/mol. The third kappa shape index (κ3) is 2.20. The molecule has 1 unspecified atom stereocenters. The fourth-order valence-electron chi connectivity index (χ4n) is 2.32. The average molecular weight is 270 g/mol. The minimum absolute atomic E-state index is 0.0200. The van der Waals surface area contributed by atoms with Crippen molar-refractivity contribution in [3.05, 3.63) is 71.0 Å². The zero-order valence-corrected chi connectivity index (χ0v) is 10.5. The van der Waals surface area contributed by atoms with Crippen molar-refractivity contribution in [1.82, 2.24) is 0 Å². The van der Waals surface area contributed by atoms with Gasteiger partial charge in [-0.15, -0.1) is 0 Å². The van der Waals surface area contributed by atoms with Crippen LogP contribution in [0.3, 0.4) is 0 Å². The van der Waals surface area contributed by atoms with Gasteiger partial charge in [0.2, 0.25) is 0 Å². The molecule has 1 atom stereocenters. The number of ether oxygens (including phenoxy) is 1. The summed E-state index contributed by atoms with van der Waals surface area (Å²) >= 11 is 0. The van der Waals surface area contributed by atoms with Crippen LogP contribution in [-0.4, -0.2) is 11.8 Å². The molecule has 0 saturated carbocycles. The molecule has 0 bridgehead atoms. The minimum Gasteiger partial charge on any atom is -0.453 e. The monoisotopic (exact) mass is 270 g/mol. The summed E-state index contributed by atoms with van der Waals surface area (Å²) in [4.78, 5) is 23.8. The van der Waals surface area contributed by atoms with Gasteiger partial charge in [0.05, 0.1) is 12.0 Å². The van der Waals surface area contributed by atoms with Gasteiger partial charge in [-0.05, 0) is 18.2 Å². The second-order valence-corrected chi connectivity index (χ2v) is 4.62. The Hall–Kier alpha value is -2.49. The number of rotatable bonds is 3. The van der Waals surface area contributed by atoms with Gasteiger partial charge in [-0.1, -0.05) is 30.3 Å². The van der Waals surface area contributed by atoms with E-state index in [4.69, 9.17) is 4.74 Å². The van der Waals surface area contributed by atoms with Crippen molar-refractivity contribution in [2.45, 2.75) is 12.5 Å². The number of cyclic esters (lactones) is 1. The Kier molecular flexibility index (Phi) is 3.06. The number of halogens is 1. The van der Waals surface area contributed by atoms with Gasteiger partial charge in [-0.25, -0.2) is 9.18 Å². The van der Waals surface area contributed by atoms with Gasteiger partial charge in [0.25, 0.3) is 0 Å². The largest absolute Gasteiger partial charge is 0.453 e. The highest BCUT2D eigenvalue weighted by molar-refractivity contribution is 5.99. The molecule has 2 aromatic carbocycles. The molecule has 0 saturated heterocycles. The summed E-state index contributed by atoms with van der Waals surface area (Å²) in [6.07, 6.45) is -0.568. The summed E-state index contributed by atoms with van der Waals surface area (Å²) in [7, 11) is 0. The molecule has 100 valence electrons. The number of hydrogen-bond acceptors (Lipinski definition) is 3. The van der Waals surface area contributed by atoms with Crippen molar-refractivity contribution < 1.29 is 18.7 Å². The van der Waals surface area contributed by atoms with E-state index in [-0.39, 0.29) is 17.8 Å². The van der Waals surface area contributed by atoms with Crippen molar-refractivity contribution in [2.24, 2.45) is 0 Å². The van der Waals surface area contributed by atoms with Crippen LogP contribution < -0.4 is 0 Å². The highest BCUT2D eigenvalue weighted by atomic mass is 19.1. The van der Waals surface area contributed by atoms with Crippen molar-refractivity contribution in [3.63, 3.8) is 0 Å². The number of hydrogen-bond donors (Lipinski definition) is 0. The summed E-state index contributed by atoms with van der Waals surface area (Å²) in [5.41, 5.74) is 1.48. The zero-order chi connectivity index (χ0) is 14.1. The molecule has 1 aliphatic heterocycles. The lowest BCUT2D eigenvalue weighted by Crippen LogP contribution is -2.08. The second kappa shape index (κ2) is 4.89. The van der Waals surface area contributed by atoms with Crippen molar-refractivity contribution in [2.75, 3.05) is 0 Å². The first-order valence-electron chi connectivity index (χ1n) is 6.24. The molecule has 2 aromatic rings. The molecule has 0 radical (unpaired) electrons. The molecule has 1 aliphatic rings. The Morgan fingerprint density at radius 2 is 1.95 bits per heavy atom. The van der Waals surface area contributed by atoms with Gasteiger partial charge in [0.15, 0.2) is 5.78 Å². The van der Waals surface area contributed by atoms with Gasteiger partial charge in [-0.2, -0.15) is 0 Å². The van der Waals surface area contributed by atoms with Crippen LogP contribution >= 0.6 is 0 Å². The summed E-state index contributed by atoms with van der Waals surface area (Å²) in [5, 5.41) is 0. The van der Waals surface area contributed by atoms with Crippen LogP contribution in [0.15, 0.2) is 48.5 Å². The van der Waals surface area contributed by atoms with Crippen LogP contribution in [0, 0.1) is 5.82 Å². The van der Waals surface area contributed by atoms with Gasteiger partial charge < -0.3 is 4.74 Å². The van der Waals surface area contributed by atoms with E-state index in [0.29, 0.717) is 11.1 Å². The number of Topliss-reactive ketones (excluding diaryl/α,β-unsaturated/α-hetero) is 1. The maximum absolute atomic E-state index is 13.1. The van der Waals surface area contributed by atoms with Gasteiger partial charge in [0, 0.05) is 11.1 Å². The van der Waals surface area contributed by atoms with Gasteiger partial charge >= 0.3 is 5.97 Å². The van der Waals surface area contributed by atoms with Gasteiger partial charge in [0.1, 0.15) is 11.9 Å². The van der Waals surface area contributed by atoms with E-state index >= 15 is 0 Å². The van der Waals surface area contributed by atoms with Crippen LogP contribution in [0.4, 0.5) is 4.39 Å². The Morgan fingerprint density at radius 3 is 2.75 bits per heavy atom. The first-order valence-corrected chi connectivity index (χ1v) is 6.24. The standard InChI is InChI=1S/C16H11FO3/c17-11-5-3-4-10(8-11)14(18)9-15-12-6-1-2-7-13(12)16(19)20-15/h1-8,15H,9H2. The van der Waals surface area contributed by atoms with E-state index in [1.807, 2.05) is 0 Å². The molecule has 0 aliphatic carbocycles. The van der Waals surface area contributed by atoms with Crippen LogP contribution in [0.25, 0.3) is 0 Å². The Labute approximate surface area is 115 Å². The maximum Gasteiger partial charge on any atom is 0.339 e. The number of ketones is 1. The number of benzene rings is 2. The first-order chi connectivity index (χ1) is 9.65. The van der Waals surface area contributed by atoms with Gasteiger partial charge in [-0.3, -0.25) is 4.79 Å². The predicted molar refractivity (Wildman–Crippen MR) is 69.9 cm³/mol. The van der Waals surface area contributed by atoms with E-state index in [0.717, 1.165) is 0 Å². The fourth-order valence-corrected chi connectivity index (χ4v) is 2.32. The average Bonchev–Trinajstić information content (AvgIpc) is 2.76. The molecule has 0 amide bonds. The Morgan fingerprint density at radius 1 is 1.15 bits per heavy atom. The molecular formula is C16H11FO3. The zero-order valence-electron chi connectivity index (χ0n) is 10.5. The number of esters is 1. The molecule has 4 heteroatoms. The van der Waals surface area contributed by atoms with Crippen molar-refractivity contribution >= 4 is 11.8 Å². The van der Waals surface area contributed by atoms with Crippen molar-refractivity contribution in [3.8, 4) is 0 Å².